The van der Waals surface area contributed by atoms with Gasteiger partial charge in [-0.2, -0.15) is 0 Å². The van der Waals surface area contributed by atoms with E-state index in [-0.39, 0.29) is 24.2 Å². The highest BCUT2D eigenvalue weighted by Crippen LogP contribution is 2.18. The smallest absolute Gasteiger partial charge is 0.291 e. The molecule has 0 saturated heterocycles. The van der Waals surface area contributed by atoms with Crippen LogP contribution in [0.15, 0.2) is 71.6 Å². The van der Waals surface area contributed by atoms with Crippen molar-refractivity contribution >= 4 is 17.5 Å². The van der Waals surface area contributed by atoms with Crippen LogP contribution in [0.4, 0.5) is 5.69 Å². The van der Waals surface area contributed by atoms with Crippen molar-refractivity contribution in [2.24, 2.45) is 0 Å². The Bertz CT molecular complexity index is 864. The van der Waals surface area contributed by atoms with E-state index in [4.69, 9.17) is 9.15 Å². The minimum Gasteiger partial charge on any atom is -0.484 e. The second-order valence-electron chi connectivity index (χ2n) is 5.38. The summed E-state index contributed by atoms with van der Waals surface area (Å²) >= 11 is 0. The molecule has 7 heteroatoms. The van der Waals surface area contributed by atoms with E-state index >= 15 is 0 Å². The molecule has 0 atom stereocenters. The van der Waals surface area contributed by atoms with Crippen LogP contribution in [0, 0.1) is 0 Å². The molecule has 7 nitrogen and oxygen atoms in total. The molecule has 3 rings (SSSR count). The fourth-order valence-corrected chi connectivity index (χ4v) is 2.17. The van der Waals surface area contributed by atoms with Crippen LogP contribution in [0.1, 0.15) is 16.1 Å². The van der Waals surface area contributed by atoms with Crippen molar-refractivity contribution in [3.8, 4) is 5.75 Å². The van der Waals surface area contributed by atoms with Gasteiger partial charge in [0.1, 0.15) is 5.75 Å². The van der Waals surface area contributed by atoms with E-state index in [2.05, 4.69) is 15.6 Å². The van der Waals surface area contributed by atoms with Gasteiger partial charge < -0.3 is 19.8 Å². The van der Waals surface area contributed by atoms with Crippen molar-refractivity contribution in [1.82, 2.24) is 10.3 Å². The van der Waals surface area contributed by atoms with Gasteiger partial charge in [-0.05, 0) is 42.0 Å². The Morgan fingerprint density at radius 3 is 2.69 bits per heavy atom. The zero-order chi connectivity index (χ0) is 18.2. The summed E-state index contributed by atoms with van der Waals surface area (Å²) < 4.78 is 10.5. The minimum atomic E-state index is -0.359. The normalized spacial score (nSPS) is 10.2. The van der Waals surface area contributed by atoms with Crippen LogP contribution in [-0.2, 0) is 11.3 Å². The maximum absolute atomic E-state index is 12.0. The molecule has 2 heterocycles. The van der Waals surface area contributed by atoms with Crippen LogP contribution in [0.2, 0.25) is 0 Å². The number of carbonyl (C=O) groups is 2. The average Bonchev–Trinajstić information content (AvgIpc) is 3.21. The molecule has 0 spiro atoms. The number of nitrogens with one attached hydrogen (secondary N) is 2. The number of nitrogens with zero attached hydrogens (tertiary/aromatic N) is 1. The highest BCUT2D eigenvalue weighted by molar-refractivity contribution is 6.02. The van der Waals surface area contributed by atoms with Gasteiger partial charge in [0.15, 0.2) is 12.4 Å². The lowest BCUT2D eigenvalue weighted by molar-refractivity contribution is -0.123. The largest absolute Gasteiger partial charge is 0.484 e. The zero-order valence-electron chi connectivity index (χ0n) is 13.8. The molecular formula is C19H17N3O4. The number of hydrogen-bond acceptors (Lipinski definition) is 5. The van der Waals surface area contributed by atoms with Crippen molar-refractivity contribution in [3.63, 3.8) is 0 Å². The Kier molecular flexibility index (Phi) is 5.61. The summed E-state index contributed by atoms with van der Waals surface area (Å²) in [6.07, 6.45) is 4.76. The van der Waals surface area contributed by atoms with E-state index in [1.165, 1.54) is 6.26 Å². The molecule has 0 unspecified atom stereocenters. The summed E-state index contributed by atoms with van der Waals surface area (Å²) in [6.45, 7) is 0.282. The number of benzene rings is 1. The van der Waals surface area contributed by atoms with Gasteiger partial charge in [0.05, 0.1) is 6.26 Å². The molecule has 132 valence electrons. The van der Waals surface area contributed by atoms with Crippen molar-refractivity contribution < 1.29 is 18.7 Å². The van der Waals surface area contributed by atoms with Crippen LogP contribution >= 0.6 is 0 Å². The SMILES string of the molecule is O=C(COc1cccc(NC(=O)c2ccco2)c1)NCc1ccncc1. The molecule has 26 heavy (non-hydrogen) atoms. The lowest BCUT2D eigenvalue weighted by atomic mass is 10.3. The van der Waals surface area contributed by atoms with E-state index in [1.807, 2.05) is 12.1 Å². The van der Waals surface area contributed by atoms with Gasteiger partial charge >= 0.3 is 0 Å². The van der Waals surface area contributed by atoms with Crippen molar-refractivity contribution in [2.75, 3.05) is 11.9 Å². The second kappa shape index (κ2) is 8.48. The fraction of sp³-hybridized carbons (Fsp3) is 0.105. The monoisotopic (exact) mass is 351 g/mol. The van der Waals surface area contributed by atoms with Crippen molar-refractivity contribution in [3.05, 3.63) is 78.5 Å². The average molecular weight is 351 g/mol. The quantitative estimate of drug-likeness (QED) is 0.682. The third-order valence-corrected chi connectivity index (χ3v) is 3.45. The van der Waals surface area contributed by atoms with Gasteiger partial charge in [-0.15, -0.1) is 0 Å². The third-order valence-electron chi connectivity index (χ3n) is 3.45. The molecule has 3 aromatic rings. The van der Waals surface area contributed by atoms with Crippen LogP contribution in [0.5, 0.6) is 5.75 Å². The van der Waals surface area contributed by atoms with Gasteiger partial charge in [-0.3, -0.25) is 14.6 Å². The molecule has 0 radical (unpaired) electrons. The Hall–Kier alpha value is -3.61. The molecule has 0 aliphatic carbocycles. The summed E-state index contributed by atoms with van der Waals surface area (Å²) in [5, 5.41) is 5.46. The molecule has 0 saturated carbocycles. The summed E-state index contributed by atoms with van der Waals surface area (Å²) in [5.74, 6) is 0.0854. The standard InChI is InChI=1S/C19H17N3O4/c23-18(21-12-14-6-8-20-9-7-14)13-26-16-4-1-3-15(11-16)22-19(24)17-5-2-10-25-17/h1-11H,12-13H2,(H,21,23)(H,22,24). The molecule has 2 aromatic heterocycles. The number of aromatic nitrogens is 1. The number of ether oxygens (including phenoxy) is 1. The Balaban J connectivity index is 1.49. The van der Waals surface area contributed by atoms with Gasteiger partial charge in [0.2, 0.25) is 0 Å². The first kappa shape index (κ1) is 17.2. The lowest BCUT2D eigenvalue weighted by Crippen LogP contribution is -2.28. The van der Waals surface area contributed by atoms with E-state index in [0.717, 1.165) is 5.56 Å². The molecule has 0 bridgehead atoms. The van der Waals surface area contributed by atoms with Gasteiger partial charge in [0, 0.05) is 30.7 Å². The topological polar surface area (TPSA) is 93.5 Å². The van der Waals surface area contributed by atoms with Crippen LogP contribution in [0.3, 0.4) is 0 Å². The first-order valence-corrected chi connectivity index (χ1v) is 7.94. The highest BCUT2D eigenvalue weighted by atomic mass is 16.5. The highest BCUT2D eigenvalue weighted by Gasteiger charge is 2.09. The van der Waals surface area contributed by atoms with E-state index in [0.29, 0.717) is 18.0 Å². The Morgan fingerprint density at radius 2 is 1.92 bits per heavy atom. The first-order valence-electron chi connectivity index (χ1n) is 7.94. The Morgan fingerprint density at radius 1 is 1.08 bits per heavy atom. The summed E-state index contributed by atoms with van der Waals surface area (Å²) in [7, 11) is 0. The maximum atomic E-state index is 12.0. The molecule has 2 N–H and O–H groups in total. The van der Waals surface area contributed by atoms with Crippen LogP contribution < -0.4 is 15.4 Å². The number of amides is 2. The number of pyridine rings is 1. The first-order chi connectivity index (χ1) is 12.7. The van der Waals surface area contributed by atoms with Crippen molar-refractivity contribution in [2.45, 2.75) is 6.54 Å². The maximum Gasteiger partial charge on any atom is 0.291 e. The van der Waals surface area contributed by atoms with Crippen LogP contribution in [-0.4, -0.2) is 23.4 Å². The number of carbonyl (C=O) groups excluding carboxylic acids is 2. The fourth-order valence-electron chi connectivity index (χ4n) is 2.17. The zero-order valence-corrected chi connectivity index (χ0v) is 13.8. The summed E-state index contributed by atoms with van der Waals surface area (Å²) in [4.78, 5) is 27.8. The number of hydrogen-bond donors (Lipinski definition) is 2. The van der Waals surface area contributed by atoms with E-state index in [1.54, 1.807) is 48.8 Å². The molecule has 0 aliphatic heterocycles. The molecule has 0 aliphatic rings. The summed E-state index contributed by atoms with van der Waals surface area (Å²) in [6, 6.07) is 13.6. The van der Waals surface area contributed by atoms with Crippen LogP contribution in [0.25, 0.3) is 0 Å². The second-order valence-corrected chi connectivity index (χ2v) is 5.38. The molecule has 0 fully saturated rings. The van der Waals surface area contributed by atoms with Crippen molar-refractivity contribution in [1.29, 1.82) is 0 Å². The summed E-state index contributed by atoms with van der Waals surface area (Å²) in [5.41, 5.74) is 1.50. The molecule has 2 amide bonds. The van der Waals surface area contributed by atoms with E-state index < -0.39 is 0 Å². The van der Waals surface area contributed by atoms with E-state index in [9.17, 15) is 9.59 Å². The Labute approximate surface area is 150 Å². The predicted octanol–water partition coefficient (Wildman–Crippen LogP) is 2.62. The van der Waals surface area contributed by atoms with Gasteiger partial charge in [0.25, 0.3) is 11.8 Å². The number of anilines is 1. The predicted molar refractivity (Wildman–Crippen MR) is 94.7 cm³/mol. The number of rotatable bonds is 7. The third kappa shape index (κ3) is 4.94. The lowest BCUT2D eigenvalue weighted by Gasteiger charge is -2.09. The minimum absolute atomic E-state index is 0.124. The molecular weight excluding hydrogens is 334 g/mol. The van der Waals surface area contributed by atoms with Gasteiger partial charge in [-0.1, -0.05) is 6.07 Å². The number of furan rings is 1. The molecule has 1 aromatic carbocycles. The van der Waals surface area contributed by atoms with Gasteiger partial charge in [-0.25, -0.2) is 0 Å².